The number of hydrogen-bond donors (Lipinski definition) is 1. The van der Waals surface area contributed by atoms with Crippen LogP contribution in [-0.4, -0.2) is 92.6 Å². The van der Waals surface area contributed by atoms with Crippen LogP contribution in [0.4, 0.5) is 0 Å². The molecule has 1 fully saturated rings. The summed E-state index contributed by atoms with van der Waals surface area (Å²) in [6.07, 6.45) is 0.744. The smallest absolute Gasteiger partial charge is 0.254 e. The van der Waals surface area contributed by atoms with E-state index in [1.54, 1.807) is 19.2 Å². The molecule has 2 aliphatic rings. The number of aryl methyl sites for hydroxylation is 1. The molecule has 3 aromatic carbocycles. The molecule has 0 saturated carbocycles. The summed E-state index contributed by atoms with van der Waals surface area (Å²) in [5.74, 6) is 1.67. The van der Waals surface area contributed by atoms with Crippen molar-refractivity contribution >= 4 is 11.8 Å². The molecular weight excluding hydrogens is 544 g/mol. The number of likely N-dealkylation sites (N-methyl/N-ethyl adjacent to an activating group) is 1. The Morgan fingerprint density at radius 3 is 2.70 bits per heavy atom. The summed E-state index contributed by atoms with van der Waals surface area (Å²) < 4.78 is 18.6. The maximum atomic E-state index is 13.2. The van der Waals surface area contributed by atoms with E-state index in [2.05, 4.69) is 41.3 Å². The summed E-state index contributed by atoms with van der Waals surface area (Å²) in [5, 5.41) is 3.15. The third-order valence-electron chi connectivity index (χ3n) is 7.76. The van der Waals surface area contributed by atoms with Crippen LogP contribution in [0.15, 0.2) is 66.7 Å². The Balaban J connectivity index is 1.31. The molecule has 3 aromatic rings. The predicted octanol–water partition coefficient (Wildman–Crippen LogP) is 4.09. The molecular formula is C34H42N4O5. The van der Waals surface area contributed by atoms with Gasteiger partial charge in [0.1, 0.15) is 17.2 Å². The van der Waals surface area contributed by atoms with Crippen molar-refractivity contribution < 1.29 is 23.8 Å². The van der Waals surface area contributed by atoms with Gasteiger partial charge in [-0.2, -0.15) is 0 Å². The van der Waals surface area contributed by atoms with Gasteiger partial charge >= 0.3 is 0 Å². The molecule has 2 amide bonds. The average Bonchev–Trinajstić information content (AvgIpc) is 3.35. The van der Waals surface area contributed by atoms with Crippen molar-refractivity contribution in [2.75, 3.05) is 53.9 Å². The van der Waals surface area contributed by atoms with E-state index in [1.165, 1.54) is 4.90 Å². The molecule has 2 aliphatic heterocycles. The normalized spacial score (nSPS) is 19.6. The van der Waals surface area contributed by atoms with Crippen molar-refractivity contribution in [2.45, 2.75) is 38.6 Å². The molecule has 0 radical (unpaired) electrons. The van der Waals surface area contributed by atoms with Crippen LogP contribution >= 0.6 is 0 Å². The molecule has 43 heavy (non-hydrogen) atoms. The van der Waals surface area contributed by atoms with Gasteiger partial charge in [0.25, 0.3) is 5.91 Å². The maximum Gasteiger partial charge on any atom is 0.254 e. The maximum absolute atomic E-state index is 13.2. The second-order valence-corrected chi connectivity index (χ2v) is 11.8. The summed E-state index contributed by atoms with van der Waals surface area (Å²) in [5.41, 5.74) is 3.49. The van der Waals surface area contributed by atoms with Crippen molar-refractivity contribution in [2.24, 2.45) is 0 Å². The first-order valence-corrected chi connectivity index (χ1v) is 14.9. The largest absolute Gasteiger partial charge is 0.494 e. The zero-order valence-corrected chi connectivity index (χ0v) is 25.5. The Bertz CT molecular complexity index is 1430. The number of carbonyl (C=O) groups excluding carboxylic acids is 2. The van der Waals surface area contributed by atoms with E-state index in [0.29, 0.717) is 49.9 Å². The first kappa shape index (κ1) is 30.5. The minimum atomic E-state index is -0.245. The SMILES string of the molecule is Cc1ccc2cc1Oc1cccc(c1)CO[C@H]1CN(Cc3cccc(OCCCN(C)C)c3)C[C@@H]1NC(=O)CN(C)C2=O. The van der Waals surface area contributed by atoms with E-state index in [1.807, 2.05) is 49.4 Å². The topological polar surface area (TPSA) is 83.6 Å². The monoisotopic (exact) mass is 586 g/mol. The van der Waals surface area contributed by atoms with Crippen LogP contribution in [0.25, 0.3) is 0 Å². The van der Waals surface area contributed by atoms with E-state index in [4.69, 9.17) is 14.2 Å². The standard InChI is InChI=1S/C34H42N4O5/c1-24-12-13-27-18-31(24)43-29-11-6-9-26(17-29)23-42-32-21-38(20-30(32)35-33(39)22-37(4)34(27)40)19-25-8-5-10-28(16-25)41-15-7-14-36(2)3/h5-6,8-13,16-18,30,32H,7,14-15,19-23H2,1-4H3,(H,35,39)/t30-,32-/m0/s1. The average molecular weight is 587 g/mol. The van der Waals surface area contributed by atoms with Crippen LogP contribution < -0.4 is 14.8 Å². The molecule has 1 N–H and O–H groups in total. The molecule has 9 nitrogen and oxygen atoms in total. The third kappa shape index (κ3) is 8.34. The Hall–Kier alpha value is -3.92. The summed E-state index contributed by atoms with van der Waals surface area (Å²) in [7, 11) is 5.76. The molecule has 2 atom stereocenters. The van der Waals surface area contributed by atoms with E-state index < -0.39 is 0 Å². The van der Waals surface area contributed by atoms with Crippen molar-refractivity contribution in [3.63, 3.8) is 0 Å². The summed E-state index contributed by atoms with van der Waals surface area (Å²) in [6.45, 7) is 5.92. The number of nitrogens with zero attached hydrogens (tertiary/aromatic N) is 3. The number of rotatable bonds is 7. The number of hydrogen-bond acceptors (Lipinski definition) is 7. The summed E-state index contributed by atoms with van der Waals surface area (Å²) in [6, 6.07) is 21.1. The van der Waals surface area contributed by atoms with Crippen LogP contribution in [0.3, 0.4) is 0 Å². The van der Waals surface area contributed by atoms with E-state index >= 15 is 0 Å². The lowest BCUT2D eigenvalue weighted by Crippen LogP contribution is -2.48. The highest BCUT2D eigenvalue weighted by Gasteiger charge is 2.35. The highest BCUT2D eigenvalue weighted by Crippen LogP contribution is 2.28. The van der Waals surface area contributed by atoms with Gasteiger partial charge in [0, 0.05) is 38.8 Å². The van der Waals surface area contributed by atoms with Crippen molar-refractivity contribution in [3.05, 3.63) is 89.0 Å². The van der Waals surface area contributed by atoms with E-state index in [0.717, 1.165) is 35.4 Å². The quantitative estimate of drug-likeness (QED) is 0.418. The second-order valence-electron chi connectivity index (χ2n) is 11.8. The minimum Gasteiger partial charge on any atom is -0.494 e. The number of likely N-dealkylation sites (tertiary alicyclic amines) is 1. The van der Waals surface area contributed by atoms with Crippen LogP contribution in [-0.2, 0) is 22.7 Å². The number of ether oxygens (including phenoxy) is 3. The lowest BCUT2D eigenvalue weighted by atomic mass is 10.1. The molecule has 0 aliphatic carbocycles. The molecule has 1 saturated heterocycles. The lowest BCUT2D eigenvalue weighted by molar-refractivity contribution is -0.123. The number of carbonyl (C=O) groups is 2. The molecule has 0 aromatic heterocycles. The minimum absolute atomic E-state index is 0.0572. The molecule has 228 valence electrons. The number of amides is 2. The van der Waals surface area contributed by atoms with Crippen molar-refractivity contribution in [3.8, 4) is 17.2 Å². The van der Waals surface area contributed by atoms with Gasteiger partial charge in [-0.05, 0) is 80.5 Å². The lowest BCUT2D eigenvalue weighted by Gasteiger charge is -2.23. The van der Waals surface area contributed by atoms with Crippen LogP contribution in [0.1, 0.15) is 33.5 Å². The fourth-order valence-corrected chi connectivity index (χ4v) is 5.48. The summed E-state index contributed by atoms with van der Waals surface area (Å²) >= 11 is 0. The molecule has 4 bridgehead atoms. The first-order chi connectivity index (χ1) is 20.7. The Labute approximate surface area is 254 Å². The van der Waals surface area contributed by atoms with Crippen LogP contribution in [0, 0.1) is 6.92 Å². The Kier molecular flexibility index (Phi) is 9.97. The van der Waals surface area contributed by atoms with E-state index in [9.17, 15) is 9.59 Å². The number of benzene rings is 3. The zero-order valence-electron chi connectivity index (χ0n) is 25.5. The van der Waals surface area contributed by atoms with Crippen molar-refractivity contribution in [1.82, 2.24) is 20.0 Å². The van der Waals surface area contributed by atoms with Crippen molar-refractivity contribution in [1.29, 1.82) is 0 Å². The van der Waals surface area contributed by atoms with Gasteiger partial charge < -0.3 is 29.3 Å². The summed E-state index contributed by atoms with van der Waals surface area (Å²) in [4.78, 5) is 32.2. The first-order valence-electron chi connectivity index (χ1n) is 14.9. The number of nitrogens with one attached hydrogen (secondary N) is 1. The Morgan fingerprint density at radius 2 is 1.86 bits per heavy atom. The third-order valence-corrected chi connectivity index (χ3v) is 7.76. The van der Waals surface area contributed by atoms with E-state index in [-0.39, 0.29) is 30.5 Å². The second kappa shape index (κ2) is 14.0. The van der Waals surface area contributed by atoms with Crippen LogP contribution in [0.2, 0.25) is 0 Å². The van der Waals surface area contributed by atoms with Gasteiger partial charge in [0.05, 0.1) is 31.9 Å². The van der Waals surface area contributed by atoms with Gasteiger partial charge in [-0.25, -0.2) is 0 Å². The number of fused-ring (bicyclic) bond motifs is 5. The highest BCUT2D eigenvalue weighted by atomic mass is 16.5. The van der Waals surface area contributed by atoms with Crippen LogP contribution in [0.5, 0.6) is 17.2 Å². The molecule has 2 heterocycles. The zero-order chi connectivity index (χ0) is 30.3. The Morgan fingerprint density at radius 1 is 1.02 bits per heavy atom. The predicted molar refractivity (Wildman–Crippen MR) is 166 cm³/mol. The van der Waals surface area contributed by atoms with Gasteiger partial charge in [0.2, 0.25) is 5.91 Å². The van der Waals surface area contributed by atoms with Gasteiger partial charge in [-0.1, -0.05) is 30.3 Å². The molecule has 5 rings (SSSR count). The molecule has 0 spiro atoms. The van der Waals surface area contributed by atoms with Gasteiger partial charge in [-0.3, -0.25) is 14.5 Å². The molecule has 0 unspecified atom stereocenters. The van der Waals surface area contributed by atoms with Gasteiger partial charge in [-0.15, -0.1) is 0 Å². The highest BCUT2D eigenvalue weighted by molar-refractivity contribution is 5.96. The fraction of sp³-hybridized carbons (Fsp3) is 0.412. The fourth-order valence-electron chi connectivity index (χ4n) is 5.48. The van der Waals surface area contributed by atoms with Gasteiger partial charge in [0.15, 0.2) is 0 Å². The molecule has 9 heteroatoms.